The lowest BCUT2D eigenvalue weighted by molar-refractivity contribution is -0.122. The average Bonchev–Trinajstić information content (AvgIpc) is 2.80. The molecular formula is C16H16N2OS2. The molecule has 0 aromatic heterocycles. The molecular weight excluding hydrogens is 300 g/mol. The summed E-state index contributed by atoms with van der Waals surface area (Å²) in [6.07, 6.45) is 4.06. The molecule has 3 nitrogen and oxygen atoms in total. The second-order valence-electron chi connectivity index (χ2n) is 4.78. The molecule has 0 aliphatic carbocycles. The average molecular weight is 316 g/mol. The van der Waals surface area contributed by atoms with Gasteiger partial charge >= 0.3 is 0 Å². The first-order valence-corrected chi connectivity index (χ1v) is 8.22. The second-order valence-corrected chi connectivity index (χ2v) is 6.42. The third-order valence-electron chi connectivity index (χ3n) is 3.68. The van der Waals surface area contributed by atoms with Gasteiger partial charge in [-0.1, -0.05) is 42.2 Å². The van der Waals surface area contributed by atoms with E-state index in [0.717, 1.165) is 28.3 Å². The molecule has 21 heavy (non-hydrogen) atoms. The number of carbonyl (C=O) groups excluding carboxylic acids is 1. The third-order valence-corrected chi connectivity index (χ3v) is 5.14. The Hall–Kier alpha value is -1.59. The van der Waals surface area contributed by atoms with Crippen LogP contribution in [0.4, 0.5) is 5.69 Å². The minimum atomic E-state index is 0.0203. The van der Waals surface area contributed by atoms with Gasteiger partial charge in [0, 0.05) is 36.1 Å². The van der Waals surface area contributed by atoms with Crippen LogP contribution in [0, 0.1) is 0 Å². The summed E-state index contributed by atoms with van der Waals surface area (Å²) in [5.74, 6) is 0.0203. The maximum Gasteiger partial charge on any atom is 0.266 e. The van der Waals surface area contributed by atoms with Crippen molar-refractivity contribution in [3.05, 3.63) is 47.0 Å². The summed E-state index contributed by atoms with van der Waals surface area (Å²) in [6, 6.07) is 8.18. The van der Waals surface area contributed by atoms with E-state index in [0.29, 0.717) is 10.9 Å². The van der Waals surface area contributed by atoms with Crippen LogP contribution < -0.4 is 4.90 Å². The molecule has 0 unspecified atom stereocenters. The van der Waals surface area contributed by atoms with Crippen LogP contribution in [-0.2, 0) is 4.79 Å². The Balaban J connectivity index is 2.14. The lowest BCUT2D eigenvalue weighted by Gasteiger charge is -2.26. The molecule has 1 amide bonds. The van der Waals surface area contributed by atoms with Crippen LogP contribution in [0.15, 0.2) is 41.4 Å². The highest BCUT2D eigenvalue weighted by atomic mass is 32.2. The summed E-state index contributed by atoms with van der Waals surface area (Å²) in [7, 11) is 0. The van der Waals surface area contributed by atoms with Crippen molar-refractivity contribution in [2.24, 2.45) is 0 Å². The van der Waals surface area contributed by atoms with Gasteiger partial charge in [-0.15, -0.1) is 0 Å². The summed E-state index contributed by atoms with van der Waals surface area (Å²) < 4.78 is 0.647. The predicted octanol–water partition coefficient (Wildman–Crippen LogP) is 3.63. The van der Waals surface area contributed by atoms with Gasteiger partial charge < -0.3 is 4.90 Å². The Morgan fingerprint density at radius 1 is 1.19 bits per heavy atom. The molecule has 0 spiro atoms. The fourth-order valence-electron chi connectivity index (χ4n) is 2.59. The first-order valence-electron chi connectivity index (χ1n) is 6.99. The number of hydrogen-bond donors (Lipinski definition) is 0. The highest BCUT2D eigenvalue weighted by molar-refractivity contribution is 8.26. The molecule has 2 heterocycles. The van der Waals surface area contributed by atoms with Crippen molar-refractivity contribution >= 4 is 45.5 Å². The second kappa shape index (κ2) is 5.66. The molecule has 0 atom stereocenters. The summed E-state index contributed by atoms with van der Waals surface area (Å²) in [6.45, 7) is 5.58. The number of benzene rings is 1. The SMILES string of the molecule is CCN1C(=O)/C(=C2\C=CN(CC)c3ccccc32)SC1=S. The molecule has 1 saturated heterocycles. The number of hydrogen-bond acceptors (Lipinski definition) is 4. The van der Waals surface area contributed by atoms with Gasteiger partial charge in [-0.3, -0.25) is 9.69 Å². The molecule has 3 rings (SSSR count). The van der Waals surface area contributed by atoms with Crippen molar-refractivity contribution in [3.8, 4) is 0 Å². The fourth-order valence-corrected chi connectivity index (χ4v) is 4.04. The molecule has 0 radical (unpaired) electrons. The first kappa shape index (κ1) is 14.4. The van der Waals surface area contributed by atoms with Gasteiger partial charge in [0.1, 0.15) is 4.32 Å². The van der Waals surface area contributed by atoms with Gasteiger partial charge in [-0.05, 0) is 26.0 Å². The lowest BCUT2D eigenvalue weighted by atomic mass is 9.99. The number of amides is 1. The molecule has 2 aliphatic rings. The van der Waals surface area contributed by atoms with E-state index in [-0.39, 0.29) is 5.91 Å². The highest BCUT2D eigenvalue weighted by Crippen LogP contribution is 2.41. The van der Waals surface area contributed by atoms with Crippen LogP contribution in [-0.4, -0.2) is 28.2 Å². The zero-order chi connectivity index (χ0) is 15.0. The van der Waals surface area contributed by atoms with Crippen LogP contribution in [0.25, 0.3) is 5.57 Å². The number of carbonyl (C=O) groups is 1. The largest absolute Gasteiger partial charge is 0.348 e. The number of thioether (sulfide) groups is 1. The molecule has 1 aromatic rings. The van der Waals surface area contributed by atoms with Crippen molar-refractivity contribution in [3.63, 3.8) is 0 Å². The Morgan fingerprint density at radius 2 is 1.95 bits per heavy atom. The van der Waals surface area contributed by atoms with E-state index < -0.39 is 0 Å². The van der Waals surface area contributed by atoms with E-state index in [9.17, 15) is 4.79 Å². The number of anilines is 1. The van der Waals surface area contributed by atoms with Crippen molar-refractivity contribution < 1.29 is 4.79 Å². The molecule has 5 heteroatoms. The third kappa shape index (κ3) is 2.30. The molecule has 0 bridgehead atoms. The Labute approximate surface area is 134 Å². The topological polar surface area (TPSA) is 23.6 Å². The smallest absolute Gasteiger partial charge is 0.266 e. The quantitative estimate of drug-likeness (QED) is 0.614. The number of likely N-dealkylation sites (N-methyl/N-ethyl adjacent to an activating group) is 1. The van der Waals surface area contributed by atoms with E-state index in [1.54, 1.807) is 4.90 Å². The number of thiocarbonyl (C=S) groups is 1. The zero-order valence-electron chi connectivity index (χ0n) is 12.0. The number of allylic oxidation sites excluding steroid dienone is 2. The van der Waals surface area contributed by atoms with Gasteiger partial charge in [0.25, 0.3) is 5.91 Å². The summed E-state index contributed by atoms with van der Waals surface area (Å²) in [5.41, 5.74) is 3.21. The minimum Gasteiger partial charge on any atom is -0.348 e. The number of para-hydroxylation sites is 1. The van der Waals surface area contributed by atoms with Crippen molar-refractivity contribution in [1.82, 2.24) is 4.90 Å². The Bertz CT molecular complexity index is 679. The van der Waals surface area contributed by atoms with Crippen molar-refractivity contribution in [2.75, 3.05) is 18.0 Å². The standard InChI is InChI=1S/C16H16N2OS2/c1-3-17-10-9-12(11-7-5-6-8-13(11)17)14-15(19)18(4-2)16(20)21-14/h5-10H,3-4H2,1-2H3/b14-12-. The molecule has 2 aliphatic heterocycles. The summed E-state index contributed by atoms with van der Waals surface area (Å²) in [5, 5.41) is 0. The monoisotopic (exact) mass is 316 g/mol. The fraction of sp³-hybridized carbons (Fsp3) is 0.250. The van der Waals surface area contributed by atoms with E-state index in [1.807, 2.05) is 31.3 Å². The van der Waals surface area contributed by atoms with Crippen molar-refractivity contribution in [2.45, 2.75) is 13.8 Å². The normalized spacial score (nSPS) is 21.2. The van der Waals surface area contributed by atoms with Crippen molar-refractivity contribution in [1.29, 1.82) is 0 Å². The first-order chi connectivity index (χ1) is 10.2. The van der Waals surface area contributed by atoms with Crippen LogP contribution in [0.1, 0.15) is 19.4 Å². The molecule has 108 valence electrons. The maximum atomic E-state index is 12.5. The van der Waals surface area contributed by atoms with Gasteiger partial charge in [0.05, 0.1) is 4.91 Å². The van der Waals surface area contributed by atoms with E-state index in [4.69, 9.17) is 12.2 Å². The van der Waals surface area contributed by atoms with Gasteiger partial charge in [0.15, 0.2) is 0 Å². The van der Waals surface area contributed by atoms with Gasteiger partial charge in [-0.2, -0.15) is 0 Å². The molecule has 1 fully saturated rings. The highest BCUT2D eigenvalue weighted by Gasteiger charge is 2.34. The maximum absolute atomic E-state index is 12.5. The number of nitrogens with zero attached hydrogens (tertiary/aromatic N) is 2. The van der Waals surface area contributed by atoms with Crippen LogP contribution in [0.2, 0.25) is 0 Å². The summed E-state index contributed by atoms with van der Waals surface area (Å²) in [4.78, 5) is 17.1. The van der Waals surface area contributed by atoms with E-state index >= 15 is 0 Å². The number of rotatable bonds is 2. The van der Waals surface area contributed by atoms with Crippen LogP contribution in [0.3, 0.4) is 0 Å². The zero-order valence-corrected chi connectivity index (χ0v) is 13.6. The summed E-state index contributed by atoms with van der Waals surface area (Å²) >= 11 is 6.71. The van der Waals surface area contributed by atoms with Gasteiger partial charge in [-0.25, -0.2) is 0 Å². The molecule has 0 saturated carbocycles. The molecule has 0 N–H and O–H groups in total. The van der Waals surface area contributed by atoms with Gasteiger partial charge in [0.2, 0.25) is 0 Å². The Kier molecular flexibility index (Phi) is 3.87. The lowest BCUT2D eigenvalue weighted by Crippen LogP contribution is -2.27. The number of fused-ring (bicyclic) bond motifs is 1. The van der Waals surface area contributed by atoms with E-state index in [1.165, 1.54) is 11.8 Å². The van der Waals surface area contributed by atoms with Crippen LogP contribution in [0.5, 0.6) is 0 Å². The minimum absolute atomic E-state index is 0.0203. The van der Waals surface area contributed by atoms with Crippen LogP contribution >= 0.6 is 24.0 Å². The Morgan fingerprint density at radius 3 is 2.62 bits per heavy atom. The molecule has 1 aromatic carbocycles. The van der Waals surface area contributed by atoms with E-state index in [2.05, 4.69) is 24.0 Å². The predicted molar refractivity (Wildman–Crippen MR) is 93.1 cm³/mol.